The van der Waals surface area contributed by atoms with Gasteiger partial charge >= 0.3 is 0 Å². The molecular formula is C13H28N2. The van der Waals surface area contributed by atoms with Gasteiger partial charge in [-0.1, -0.05) is 27.2 Å². The summed E-state index contributed by atoms with van der Waals surface area (Å²) >= 11 is 0. The zero-order chi connectivity index (χ0) is 11.3. The van der Waals surface area contributed by atoms with Crippen LogP contribution in [0.25, 0.3) is 0 Å². The van der Waals surface area contributed by atoms with Gasteiger partial charge < -0.3 is 10.2 Å². The van der Waals surface area contributed by atoms with Crippen molar-refractivity contribution in [2.45, 2.75) is 59.0 Å². The Morgan fingerprint density at radius 3 is 2.67 bits per heavy atom. The highest BCUT2D eigenvalue weighted by molar-refractivity contribution is 4.82. The second-order valence-electron chi connectivity index (χ2n) is 5.13. The minimum Gasteiger partial charge on any atom is -0.314 e. The Bertz CT molecular complexity index is 170. The normalized spacial score (nSPS) is 29.4. The molecule has 1 fully saturated rings. The lowest BCUT2D eigenvalue weighted by Crippen LogP contribution is -2.47. The number of hydrogen-bond donors (Lipinski definition) is 1. The fourth-order valence-electron chi connectivity index (χ4n) is 2.50. The van der Waals surface area contributed by atoms with Gasteiger partial charge in [0, 0.05) is 18.6 Å². The largest absolute Gasteiger partial charge is 0.314 e. The molecule has 3 unspecified atom stereocenters. The molecule has 1 rings (SSSR count). The van der Waals surface area contributed by atoms with Crippen molar-refractivity contribution < 1.29 is 0 Å². The third-order valence-corrected chi connectivity index (χ3v) is 3.76. The summed E-state index contributed by atoms with van der Waals surface area (Å²) in [6.45, 7) is 13.0. The average Bonchev–Trinajstić information content (AvgIpc) is 2.25. The van der Waals surface area contributed by atoms with Crippen molar-refractivity contribution in [3.8, 4) is 0 Å². The maximum atomic E-state index is 3.53. The molecule has 1 aliphatic heterocycles. The predicted molar refractivity (Wildman–Crippen MR) is 67.2 cm³/mol. The second kappa shape index (κ2) is 6.49. The van der Waals surface area contributed by atoms with Crippen molar-refractivity contribution in [2.24, 2.45) is 5.92 Å². The number of nitrogens with one attached hydrogen (secondary N) is 1. The molecule has 0 spiro atoms. The molecule has 90 valence electrons. The van der Waals surface area contributed by atoms with Gasteiger partial charge in [0.25, 0.3) is 0 Å². The van der Waals surface area contributed by atoms with Crippen LogP contribution in [0.2, 0.25) is 0 Å². The number of piperidine rings is 1. The van der Waals surface area contributed by atoms with Crippen LogP contribution in [0.15, 0.2) is 0 Å². The van der Waals surface area contributed by atoms with Crippen LogP contribution in [0.3, 0.4) is 0 Å². The fraction of sp³-hybridized carbons (Fsp3) is 1.00. The van der Waals surface area contributed by atoms with Crippen LogP contribution in [0, 0.1) is 5.92 Å². The molecule has 1 heterocycles. The fourth-order valence-corrected chi connectivity index (χ4v) is 2.50. The van der Waals surface area contributed by atoms with E-state index >= 15 is 0 Å². The van der Waals surface area contributed by atoms with E-state index < -0.39 is 0 Å². The summed E-state index contributed by atoms with van der Waals surface area (Å²) in [5.74, 6) is 0.843. The second-order valence-corrected chi connectivity index (χ2v) is 5.13. The van der Waals surface area contributed by atoms with Crippen LogP contribution in [0.5, 0.6) is 0 Å². The summed E-state index contributed by atoms with van der Waals surface area (Å²) in [7, 11) is 0. The zero-order valence-electron chi connectivity index (χ0n) is 10.9. The molecule has 1 saturated heterocycles. The lowest BCUT2D eigenvalue weighted by Gasteiger charge is -2.37. The van der Waals surface area contributed by atoms with Gasteiger partial charge in [-0.3, -0.25) is 0 Å². The smallest absolute Gasteiger partial charge is 0.0122 e. The van der Waals surface area contributed by atoms with Crippen LogP contribution < -0.4 is 5.32 Å². The highest BCUT2D eigenvalue weighted by Crippen LogP contribution is 2.17. The molecule has 0 aliphatic carbocycles. The molecule has 15 heavy (non-hydrogen) atoms. The summed E-state index contributed by atoms with van der Waals surface area (Å²) in [5.41, 5.74) is 0. The standard InChI is InChI=1S/C13H28N2/c1-5-11(3)10-15(6-2)13-7-8-14-12(4)9-13/h11-14H,5-10H2,1-4H3. The Labute approximate surface area is 95.4 Å². The van der Waals surface area contributed by atoms with Gasteiger partial charge in [-0.05, 0) is 38.8 Å². The first-order valence-corrected chi connectivity index (χ1v) is 6.64. The number of rotatable bonds is 5. The molecular weight excluding hydrogens is 184 g/mol. The molecule has 3 atom stereocenters. The summed E-state index contributed by atoms with van der Waals surface area (Å²) in [5, 5.41) is 3.53. The van der Waals surface area contributed by atoms with Gasteiger partial charge in [-0.2, -0.15) is 0 Å². The molecule has 0 radical (unpaired) electrons. The summed E-state index contributed by atoms with van der Waals surface area (Å²) in [6, 6.07) is 1.52. The van der Waals surface area contributed by atoms with E-state index in [1.165, 1.54) is 38.9 Å². The van der Waals surface area contributed by atoms with E-state index in [9.17, 15) is 0 Å². The lowest BCUT2D eigenvalue weighted by molar-refractivity contribution is 0.134. The Morgan fingerprint density at radius 2 is 2.13 bits per heavy atom. The van der Waals surface area contributed by atoms with E-state index in [4.69, 9.17) is 0 Å². The Kier molecular flexibility index (Phi) is 5.62. The average molecular weight is 212 g/mol. The van der Waals surface area contributed by atoms with Crippen molar-refractivity contribution >= 4 is 0 Å². The van der Waals surface area contributed by atoms with Crippen LogP contribution in [-0.2, 0) is 0 Å². The minimum absolute atomic E-state index is 0.703. The first-order valence-electron chi connectivity index (χ1n) is 6.64. The highest BCUT2D eigenvalue weighted by Gasteiger charge is 2.23. The van der Waals surface area contributed by atoms with E-state index in [1.54, 1.807) is 0 Å². The Hall–Kier alpha value is -0.0800. The summed E-state index contributed by atoms with van der Waals surface area (Å²) < 4.78 is 0. The highest BCUT2D eigenvalue weighted by atomic mass is 15.2. The molecule has 0 aromatic carbocycles. The van der Waals surface area contributed by atoms with Gasteiger partial charge in [0.05, 0.1) is 0 Å². The van der Waals surface area contributed by atoms with Crippen molar-refractivity contribution in [3.63, 3.8) is 0 Å². The third-order valence-electron chi connectivity index (χ3n) is 3.76. The number of nitrogens with zero attached hydrogens (tertiary/aromatic N) is 1. The van der Waals surface area contributed by atoms with E-state index in [0.29, 0.717) is 6.04 Å². The Balaban J connectivity index is 2.42. The van der Waals surface area contributed by atoms with Crippen molar-refractivity contribution in [1.29, 1.82) is 0 Å². The van der Waals surface area contributed by atoms with Crippen molar-refractivity contribution in [1.82, 2.24) is 10.2 Å². The molecule has 1 N–H and O–H groups in total. The molecule has 0 aromatic heterocycles. The molecule has 1 aliphatic rings. The molecule has 0 saturated carbocycles. The lowest BCUT2D eigenvalue weighted by atomic mass is 9.97. The molecule has 2 heteroatoms. The summed E-state index contributed by atoms with van der Waals surface area (Å²) in [4.78, 5) is 2.69. The monoisotopic (exact) mass is 212 g/mol. The van der Waals surface area contributed by atoms with Crippen LogP contribution in [-0.4, -0.2) is 36.6 Å². The molecule has 2 nitrogen and oxygen atoms in total. The van der Waals surface area contributed by atoms with Crippen molar-refractivity contribution in [3.05, 3.63) is 0 Å². The predicted octanol–water partition coefficient (Wildman–Crippen LogP) is 2.49. The molecule has 0 bridgehead atoms. The van der Waals surface area contributed by atoms with E-state index in [-0.39, 0.29) is 0 Å². The first kappa shape index (κ1) is 13.0. The van der Waals surface area contributed by atoms with Crippen LogP contribution in [0.4, 0.5) is 0 Å². The zero-order valence-corrected chi connectivity index (χ0v) is 10.9. The minimum atomic E-state index is 0.703. The van der Waals surface area contributed by atoms with E-state index in [2.05, 4.69) is 37.9 Å². The first-order chi connectivity index (χ1) is 7.17. The quantitative estimate of drug-likeness (QED) is 0.753. The maximum Gasteiger partial charge on any atom is 0.0122 e. The SMILES string of the molecule is CCC(C)CN(CC)C1CCNC(C)C1. The third kappa shape index (κ3) is 4.12. The molecule has 0 aromatic rings. The van der Waals surface area contributed by atoms with Gasteiger partial charge in [0.1, 0.15) is 0 Å². The number of hydrogen-bond acceptors (Lipinski definition) is 2. The van der Waals surface area contributed by atoms with Crippen molar-refractivity contribution in [2.75, 3.05) is 19.6 Å². The molecule has 0 amide bonds. The Morgan fingerprint density at radius 1 is 1.40 bits per heavy atom. The van der Waals surface area contributed by atoms with E-state index in [1.807, 2.05) is 0 Å². The van der Waals surface area contributed by atoms with E-state index in [0.717, 1.165) is 12.0 Å². The van der Waals surface area contributed by atoms with Gasteiger partial charge in [0.15, 0.2) is 0 Å². The van der Waals surface area contributed by atoms with Gasteiger partial charge in [-0.25, -0.2) is 0 Å². The van der Waals surface area contributed by atoms with Crippen LogP contribution >= 0.6 is 0 Å². The van der Waals surface area contributed by atoms with Gasteiger partial charge in [0.2, 0.25) is 0 Å². The maximum absolute atomic E-state index is 3.53. The topological polar surface area (TPSA) is 15.3 Å². The van der Waals surface area contributed by atoms with Crippen LogP contribution in [0.1, 0.15) is 47.0 Å². The van der Waals surface area contributed by atoms with Gasteiger partial charge in [-0.15, -0.1) is 0 Å². The summed E-state index contributed by atoms with van der Waals surface area (Å²) in [6.07, 6.45) is 3.95.